The Balaban J connectivity index is 1.63. The van der Waals surface area contributed by atoms with E-state index in [0.717, 1.165) is 26.1 Å². The van der Waals surface area contributed by atoms with E-state index in [9.17, 15) is 22.7 Å². The van der Waals surface area contributed by atoms with E-state index in [1.807, 2.05) is 0 Å². The van der Waals surface area contributed by atoms with E-state index in [2.05, 4.69) is 11.8 Å². The zero-order valence-corrected chi connectivity index (χ0v) is 17.0. The fourth-order valence-electron chi connectivity index (χ4n) is 4.03. The number of aromatic hydroxyl groups is 1. The van der Waals surface area contributed by atoms with E-state index in [1.165, 1.54) is 37.8 Å². The highest BCUT2D eigenvalue weighted by Gasteiger charge is 2.37. The van der Waals surface area contributed by atoms with Crippen molar-refractivity contribution in [2.24, 2.45) is 5.92 Å². The van der Waals surface area contributed by atoms with Gasteiger partial charge in [0.2, 0.25) is 0 Å². The van der Waals surface area contributed by atoms with E-state index in [0.29, 0.717) is 22.2 Å². The predicted molar refractivity (Wildman–Crippen MR) is 105 cm³/mol. The number of likely N-dealkylation sites (tertiary alicyclic amines) is 1. The van der Waals surface area contributed by atoms with Crippen LogP contribution in [0.5, 0.6) is 5.75 Å². The van der Waals surface area contributed by atoms with Gasteiger partial charge in [0.15, 0.2) is 5.82 Å². The molecule has 9 heteroatoms. The maximum Gasteiger partial charge on any atom is 0.326 e. The fraction of sp³-hybridized carbons (Fsp3) is 0.632. The van der Waals surface area contributed by atoms with Crippen LogP contribution in [0.25, 0.3) is 0 Å². The standard InChI is InChI=1S/C19H28FN3O4S/c1-2-3-4-5-7-22-8-6-14(12-22)9-15-10-16(20)19(17(24)11-15)23-13-18(25)21-28(23,26)27/h10-11,14,24H,2-9,12-13H2,1H3,(H,21,25). The summed E-state index contributed by atoms with van der Waals surface area (Å²) in [5, 5.41) is 10.2. The lowest BCUT2D eigenvalue weighted by atomic mass is 9.98. The summed E-state index contributed by atoms with van der Waals surface area (Å²) >= 11 is 0. The molecule has 2 aliphatic rings. The van der Waals surface area contributed by atoms with Gasteiger partial charge in [-0.05, 0) is 56.0 Å². The third-order valence-corrected chi connectivity index (χ3v) is 6.77. The number of amides is 1. The van der Waals surface area contributed by atoms with Crippen LogP contribution in [0.3, 0.4) is 0 Å². The van der Waals surface area contributed by atoms with Crippen molar-refractivity contribution in [3.05, 3.63) is 23.5 Å². The van der Waals surface area contributed by atoms with Crippen molar-refractivity contribution in [1.82, 2.24) is 9.62 Å². The Kier molecular flexibility index (Phi) is 6.44. The smallest absolute Gasteiger partial charge is 0.326 e. The van der Waals surface area contributed by atoms with Gasteiger partial charge < -0.3 is 10.0 Å². The molecule has 2 saturated heterocycles. The molecule has 7 nitrogen and oxygen atoms in total. The summed E-state index contributed by atoms with van der Waals surface area (Å²) in [6.07, 6.45) is 6.57. The van der Waals surface area contributed by atoms with Crippen LogP contribution in [0.15, 0.2) is 12.1 Å². The van der Waals surface area contributed by atoms with Gasteiger partial charge in [-0.3, -0.25) is 4.79 Å². The number of nitrogens with zero attached hydrogens (tertiary/aromatic N) is 2. The summed E-state index contributed by atoms with van der Waals surface area (Å²) in [5.41, 5.74) is 0.151. The number of benzene rings is 1. The molecule has 1 amide bonds. The van der Waals surface area contributed by atoms with Crippen molar-refractivity contribution in [3.63, 3.8) is 0 Å². The molecule has 28 heavy (non-hydrogen) atoms. The number of anilines is 1. The van der Waals surface area contributed by atoms with Gasteiger partial charge in [0.1, 0.15) is 18.0 Å². The molecule has 156 valence electrons. The minimum Gasteiger partial charge on any atom is -0.506 e. The third-order valence-electron chi connectivity index (χ3n) is 5.39. The van der Waals surface area contributed by atoms with Crippen LogP contribution in [0.2, 0.25) is 0 Å². The van der Waals surface area contributed by atoms with Gasteiger partial charge in [-0.15, -0.1) is 0 Å². The second kappa shape index (κ2) is 8.65. The maximum absolute atomic E-state index is 14.6. The average molecular weight is 414 g/mol. The molecule has 0 aromatic heterocycles. The SMILES string of the molecule is CCCCCCN1CCC(Cc2cc(O)c(N3CC(=O)NS3(=O)=O)c(F)c2)C1. The lowest BCUT2D eigenvalue weighted by molar-refractivity contribution is -0.117. The first-order chi connectivity index (χ1) is 13.3. The molecule has 1 aromatic rings. The average Bonchev–Trinajstić information content (AvgIpc) is 3.14. The number of carbonyl (C=O) groups excluding carboxylic acids is 1. The number of nitrogens with one attached hydrogen (secondary N) is 1. The highest BCUT2D eigenvalue weighted by Crippen LogP contribution is 2.35. The molecule has 1 unspecified atom stereocenters. The monoisotopic (exact) mass is 413 g/mol. The largest absolute Gasteiger partial charge is 0.506 e. The van der Waals surface area contributed by atoms with Crippen LogP contribution >= 0.6 is 0 Å². The van der Waals surface area contributed by atoms with Crippen molar-refractivity contribution < 1.29 is 22.7 Å². The highest BCUT2D eigenvalue weighted by molar-refractivity contribution is 7.92. The van der Waals surface area contributed by atoms with Gasteiger partial charge in [-0.2, -0.15) is 8.42 Å². The summed E-state index contributed by atoms with van der Waals surface area (Å²) in [7, 11) is -4.16. The van der Waals surface area contributed by atoms with Gasteiger partial charge in [0.25, 0.3) is 5.91 Å². The molecule has 2 fully saturated rings. The first-order valence-electron chi connectivity index (χ1n) is 9.87. The Morgan fingerprint density at radius 3 is 2.71 bits per heavy atom. The third kappa shape index (κ3) is 4.75. The van der Waals surface area contributed by atoms with Crippen LogP contribution in [-0.2, 0) is 21.4 Å². The van der Waals surface area contributed by atoms with E-state index < -0.39 is 39.9 Å². The topological polar surface area (TPSA) is 89.9 Å². The molecule has 0 spiro atoms. The Morgan fingerprint density at radius 1 is 1.29 bits per heavy atom. The lowest BCUT2D eigenvalue weighted by Gasteiger charge is -2.19. The Bertz CT molecular complexity index is 807. The number of hydrogen-bond acceptors (Lipinski definition) is 5. The fourth-order valence-corrected chi connectivity index (χ4v) is 5.20. The predicted octanol–water partition coefficient (Wildman–Crippen LogP) is 2.16. The molecule has 0 radical (unpaired) electrons. The first-order valence-corrected chi connectivity index (χ1v) is 11.3. The van der Waals surface area contributed by atoms with Crippen LogP contribution in [-0.4, -0.2) is 50.5 Å². The molecule has 3 rings (SSSR count). The molecule has 0 saturated carbocycles. The van der Waals surface area contributed by atoms with Crippen LogP contribution in [0.1, 0.15) is 44.6 Å². The number of phenolic OH excluding ortho intramolecular Hbond substituents is 1. The summed E-state index contributed by atoms with van der Waals surface area (Å²) in [6, 6.07) is 2.66. The van der Waals surface area contributed by atoms with Gasteiger partial charge in [0, 0.05) is 6.54 Å². The van der Waals surface area contributed by atoms with Crippen LogP contribution < -0.4 is 9.03 Å². The minimum atomic E-state index is -4.16. The molecular formula is C19H28FN3O4S. The van der Waals surface area contributed by atoms with E-state index in [1.54, 1.807) is 4.72 Å². The van der Waals surface area contributed by atoms with E-state index >= 15 is 0 Å². The Hall–Kier alpha value is -1.87. The first kappa shape index (κ1) is 20.9. The number of unbranched alkanes of at least 4 members (excludes halogenated alkanes) is 3. The van der Waals surface area contributed by atoms with Gasteiger partial charge in [-0.25, -0.2) is 13.4 Å². The molecule has 2 aliphatic heterocycles. The summed E-state index contributed by atoms with van der Waals surface area (Å²) in [4.78, 5) is 13.8. The van der Waals surface area contributed by atoms with Crippen molar-refractivity contribution in [2.75, 3.05) is 30.5 Å². The van der Waals surface area contributed by atoms with Crippen LogP contribution in [0.4, 0.5) is 10.1 Å². The zero-order chi connectivity index (χ0) is 20.3. The van der Waals surface area contributed by atoms with Gasteiger partial charge >= 0.3 is 10.2 Å². The summed E-state index contributed by atoms with van der Waals surface area (Å²) < 4.78 is 40.8. The van der Waals surface area contributed by atoms with Crippen molar-refractivity contribution in [3.8, 4) is 5.75 Å². The van der Waals surface area contributed by atoms with Crippen molar-refractivity contribution in [2.45, 2.75) is 45.4 Å². The quantitative estimate of drug-likeness (QED) is 0.638. The Labute approximate surface area is 165 Å². The number of phenols is 1. The second-order valence-corrected chi connectivity index (χ2v) is 9.30. The number of rotatable bonds is 8. The molecule has 2 N–H and O–H groups in total. The van der Waals surface area contributed by atoms with Gasteiger partial charge in [-0.1, -0.05) is 26.2 Å². The molecule has 1 aromatic carbocycles. The molecular weight excluding hydrogens is 385 g/mol. The minimum absolute atomic E-state index is 0.384. The normalized spacial score (nSPS) is 22.0. The molecule has 0 bridgehead atoms. The van der Waals surface area contributed by atoms with Crippen LogP contribution in [0, 0.1) is 11.7 Å². The van der Waals surface area contributed by atoms with Gasteiger partial charge in [0.05, 0.1) is 0 Å². The van der Waals surface area contributed by atoms with Crippen molar-refractivity contribution in [1.29, 1.82) is 0 Å². The molecule has 2 heterocycles. The number of hydrogen-bond donors (Lipinski definition) is 2. The lowest BCUT2D eigenvalue weighted by Crippen LogP contribution is -2.30. The van der Waals surface area contributed by atoms with Crippen molar-refractivity contribution >= 4 is 21.8 Å². The van der Waals surface area contributed by atoms with E-state index in [4.69, 9.17) is 0 Å². The molecule has 1 atom stereocenters. The summed E-state index contributed by atoms with van der Waals surface area (Å²) in [6.45, 7) is 4.72. The number of carbonyl (C=O) groups is 1. The Morgan fingerprint density at radius 2 is 2.07 bits per heavy atom. The van der Waals surface area contributed by atoms with E-state index in [-0.39, 0.29) is 0 Å². The highest BCUT2D eigenvalue weighted by atomic mass is 32.2. The maximum atomic E-state index is 14.6. The zero-order valence-electron chi connectivity index (χ0n) is 16.2. The second-order valence-electron chi connectivity index (χ2n) is 7.70. The summed E-state index contributed by atoms with van der Waals surface area (Å²) in [5.74, 6) is -1.68. The number of halogens is 1. The molecule has 0 aliphatic carbocycles.